The topological polar surface area (TPSA) is 83.4 Å². The van der Waals surface area contributed by atoms with Crippen LogP contribution in [-0.4, -0.2) is 30.4 Å². The first-order chi connectivity index (χ1) is 15.5. The van der Waals surface area contributed by atoms with Gasteiger partial charge in [0.2, 0.25) is 5.65 Å². The number of nitrogens with zero attached hydrogens (tertiary/aromatic N) is 4. The van der Waals surface area contributed by atoms with Crippen molar-refractivity contribution in [1.29, 1.82) is 0 Å². The molecule has 2 aromatic carbocycles. The second-order valence-corrected chi connectivity index (χ2v) is 8.87. The number of aromatic nitrogens is 4. The molecule has 1 fully saturated rings. The van der Waals surface area contributed by atoms with Crippen molar-refractivity contribution in [3.05, 3.63) is 74.3 Å². The number of rotatable bonds is 1. The lowest BCUT2D eigenvalue weighted by atomic mass is 9.95. The second-order valence-electron chi connectivity index (χ2n) is 8.87. The Kier molecular flexibility index (Phi) is 3.37. The molecular formula is C23H17F2N5O2. The van der Waals surface area contributed by atoms with Gasteiger partial charge in [-0.15, -0.1) is 10.2 Å². The number of H-pyrrole nitrogens is 1. The van der Waals surface area contributed by atoms with Crippen LogP contribution in [-0.2, 0) is 6.54 Å². The monoisotopic (exact) mass is 433 g/mol. The van der Waals surface area contributed by atoms with E-state index in [0.717, 1.165) is 43.6 Å². The van der Waals surface area contributed by atoms with Crippen LogP contribution in [0.1, 0.15) is 70.5 Å². The summed E-state index contributed by atoms with van der Waals surface area (Å²) in [4.78, 5) is 30.1. The summed E-state index contributed by atoms with van der Waals surface area (Å²) in [6.07, 6.45) is 4.16. The molecular weight excluding hydrogens is 416 g/mol. The molecule has 0 radical (unpaired) electrons. The summed E-state index contributed by atoms with van der Waals surface area (Å²) in [6, 6.07) is 4.95. The predicted octanol–water partition coefficient (Wildman–Crippen LogP) is 3.57. The minimum absolute atomic E-state index is 0.0132. The van der Waals surface area contributed by atoms with E-state index in [-0.39, 0.29) is 40.7 Å². The standard InChI is InChI=1S/C23H17F2N5O2/c24-14-5-6-15(25)18-13(14)9-29-19(18)11-8-17-16(7-12(11)23(29)32)26-22(31)21-28-27-20(30(17)21)10-3-1-2-4-10/h5-8,10,19H,1-4,9H2,(H,26,31). The summed E-state index contributed by atoms with van der Waals surface area (Å²) in [5, 5.41) is 8.46. The molecule has 160 valence electrons. The Labute approximate surface area is 179 Å². The zero-order valence-electron chi connectivity index (χ0n) is 16.9. The molecule has 0 bridgehead atoms. The Hall–Kier alpha value is -3.62. The molecule has 3 aliphatic rings. The Balaban J connectivity index is 1.54. The van der Waals surface area contributed by atoms with Crippen LogP contribution in [0, 0.1) is 11.6 Å². The predicted molar refractivity (Wildman–Crippen MR) is 110 cm³/mol. The van der Waals surface area contributed by atoms with Crippen LogP contribution in [0.4, 0.5) is 8.78 Å². The van der Waals surface area contributed by atoms with Gasteiger partial charge in [-0.1, -0.05) is 12.8 Å². The Bertz CT molecular complexity index is 1550. The van der Waals surface area contributed by atoms with E-state index in [9.17, 15) is 18.4 Å². The van der Waals surface area contributed by atoms with Crippen LogP contribution in [0.3, 0.4) is 0 Å². The fourth-order valence-corrected chi connectivity index (χ4v) is 5.76. The zero-order chi connectivity index (χ0) is 21.7. The lowest BCUT2D eigenvalue weighted by Gasteiger charge is -2.16. The fourth-order valence-electron chi connectivity index (χ4n) is 5.76. The highest BCUT2D eigenvalue weighted by atomic mass is 19.1. The van der Waals surface area contributed by atoms with Crippen LogP contribution in [0.2, 0.25) is 0 Å². The molecule has 2 aliphatic heterocycles. The first-order valence-corrected chi connectivity index (χ1v) is 10.8. The van der Waals surface area contributed by atoms with E-state index in [0.29, 0.717) is 22.2 Å². The Morgan fingerprint density at radius 1 is 1.03 bits per heavy atom. The van der Waals surface area contributed by atoms with Crippen molar-refractivity contribution in [3.63, 3.8) is 0 Å². The van der Waals surface area contributed by atoms with Gasteiger partial charge in [0.1, 0.15) is 17.5 Å². The average Bonchev–Trinajstić information content (AvgIpc) is 3.55. The summed E-state index contributed by atoms with van der Waals surface area (Å²) in [5.41, 5.74) is 2.39. The maximum Gasteiger partial charge on any atom is 0.294 e. The number of carbonyl (C=O) groups is 1. The van der Waals surface area contributed by atoms with Gasteiger partial charge >= 0.3 is 0 Å². The molecule has 1 N–H and O–H groups in total. The molecule has 0 spiro atoms. The number of halogens is 2. The number of carbonyl (C=O) groups excluding carboxylic acids is 1. The number of hydrogen-bond acceptors (Lipinski definition) is 4. The van der Waals surface area contributed by atoms with Crippen molar-refractivity contribution < 1.29 is 13.6 Å². The summed E-state index contributed by atoms with van der Waals surface area (Å²) < 4.78 is 31.0. The van der Waals surface area contributed by atoms with Crippen molar-refractivity contribution >= 4 is 22.6 Å². The third kappa shape index (κ3) is 2.13. The van der Waals surface area contributed by atoms with Gasteiger partial charge in [0, 0.05) is 22.6 Å². The largest absolute Gasteiger partial charge is 0.323 e. The van der Waals surface area contributed by atoms with Crippen LogP contribution in [0.15, 0.2) is 29.1 Å². The minimum atomic E-state index is -0.694. The molecule has 1 unspecified atom stereocenters. The molecule has 0 saturated heterocycles. The number of fused-ring (bicyclic) bond motifs is 8. The van der Waals surface area contributed by atoms with E-state index in [2.05, 4.69) is 15.2 Å². The van der Waals surface area contributed by atoms with E-state index in [1.54, 1.807) is 16.5 Å². The van der Waals surface area contributed by atoms with Crippen LogP contribution >= 0.6 is 0 Å². The molecule has 2 aromatic heterocycles. The number of amides is 1. The van der Waals surface area contributed by atoms with Gasteiger partial charge in [-0.25, -0.2) is 8.78 Å². The summed E-state index contributed by atoms with van der Waals surface area (Å²) >= 11 is 0. The smallest absolute Gasteiger partial charge is 0.294 e. The van der Waals surface area contributed by atoms with Gasteiger partial charge in [-0.2, -0.15) is 0 Å². The number of hydrogen-bond donors (Lipinski definition) is 1. The molecule has 9 heteroatoms. The maximum atomic E-state index is 14.8. The highest BCUT2D eigenvalue weighted by Crippen LogP contribution is 2.48. The van der Waals surface area contributed by atoms with E-state index in [1.165, 1.54) is 4.90 Å². The normalized spacial score (nSPS) is 19.9. The van der Waals surface area contributed by atoms with E-state index in [1.807, 2.05) is 0 Å². The van der Waals surface area contributed by atoms with Gasteiger partial charge < -0.3 is 9.88 Å². The molecule has 1 amide bonds. The van der Waals surface area contributed by atoms with Gasteiger partial charge in [-0.05, 0) is 42.7 Å². The van der Waals surface area contributed by atoms with Crippen molar-refractivity contribution in [3.8, 4) is 0 Å². The lowest BCUT2D eigenvalue weighted by molar-refractivity contribution is 0.0758. The number of nitrogens with one attached hydrogen (secondary N) is 1. The molecule has 1 aliphatic carbocycles. The molecule has 7 nitrogen and oxygen atoms in total. The number of benzene rings is 2. The van der Waals surface area contributed by atoms with Crippen LogP contribution in [0.25, 0.3) is 16.7 Å². The van der Waals surface area contributed by atoms with Crippen LogP contribution in [0.5, 0.6) is 0 Å². The zero-order valence-corrected chi connectivity index (χ0v) is 16.9. The minimum Gasteiger partial charge on any atom is -0.323 e. The number of aromatic amines is 1. The van der Waals surface area contributed by atoms with Crippen molar-refractivity contribution in [2.75, 3.05) is 0 Å². The van der Waals surface area contributed by atoms with Crippen LogP contribution < -0.4 is 5.56 Å². The molecule has 4 heterocycles. The highest BCUT2D eigenvalue weighted by Gasteiger charge is 2.46. The third-order valence-corrected chi connectivity index (χ3v) is 7.21. The fraction of sp³-hybridized carbons (Fsp3) is 0.304. The lowest BCUT2D eigenvalue weighted by Crippen LogP contribution is -2.22. The van der Waals surface area contributed by atoms with Gasteiger partial charge in [0.15, 0.2) is 0 Å². The molecule has 32 heavy (non-hydrogen) atoms. The van der Waals surface area contributed by atoms with Gasteiger partial charge in [0.25, 0.3) is 11.5 Å². The average molecular weight is 433 g/mol. The first kappa shape index (κ1) is 18.0. The van der Waals surface area contributed by atoms with Gasteiger partial charge in [-0.3, -0.25) is 14.0 Å². The van der Waals surface area contributed by atoms with E-state index >= 15 is 0 Å². The quantitative estimate of drug-likeness (QED) is 0.498. The Morgan fingerprint density at radius 2 is 1.81 bits per heavy atom. The van der Waals surface area contributed by atoms with E-state index in [4.69, 9.17) is 0 Å². The van der Waals surface area contributed by atoms with Crippen molar-refractivity contribution in [2.24, 2.45) is 0 Å². The second kappa shape index (κ2) is 5.99. The molecule has 4 aromatic rings. The maximum absolute atomic E-state index is 14.8. The third-order valence-electron chi connectivity index (χ3n) is 7.21. The summed E-state index contributed by atoms with van der Waals surface area (Å²) in [5.74, 6) is -0.404. The summed E-state index contributed by atoms with van der Waals surface area (Å²) in [6.45, 7) is 0.0132. The molecule has 1 saturated carbocycles. The van der Waals surface area contributed by atoms with E-state index < -0.39 is 17.7 Å². The Morgan fingerprint density at radius 3 is 2.62 bits per heavy atom. The highest BCUT2D eigenvalue weighted by molar-refractivity contribution is 6.03. The summed E-state index contributed by atoms with van der Waals surface area (Å²) in [7, 11) is 0. The molecule has 1 atom stereocenters. The van der Waals surface area contributed by atoms with Crippen molar-refractivity contribution in [2.45, 2.75) is 44.2 Å². The van der Waals surface area contributed by atoms with Crippen molar-refractivity contribution in [1.82, 2.24) is 24.5 Å². The SMILES string of the molecule is O=C1c2cc3[nH]c(=O)c4nnc(C5CCCC5)n4c3cc2C2c3c(F)ccc(F)c3CN12. The first-order valence-electron chi connectivity index (χ1n) is 10.8. The molecule has 7 rings (SSSR count). The van der Waals surface area contributed by atoms with Gasteiger partial charge in [0.05, 0.1) is 23.6 Å².